The summed E-state index contributed by atoms with van der Waals surface area (Å²) in [6.07, 6.45) is -1.30. The smallest absolute Gasteiger partial charge is 0.422 e. The fraction of sp³-hybridized carbons (Fsp3) is 0.529. The fourth-order valence-corrected chi connectivity index (χ4v) is 2.54. The Balaban J connectivity index is 1.86. The Morgan fingerprint density at radius 2 is 2.14 bits per heavy atom. The molecular formula is C17H19F3N4O4. The van der Waals surface area contributed by atoms with E-state index in [1.54, 1.807) is 0 Å². The van der Waals surface area contributed by atoms with Crippen molar-refractivity contribution < 1.29 is 32.3 Å². The number of aryl methyl sites for hydroxylation is 1. The molecule has 0 spiro atoms. The van der Waals surface area contributed by atoms with Gasteiger partial charge in [0.2, 0.25) is 5.89 Å². The van der Waals surface area contributed by atoms with Crippen LogP contribution in [0.4, 0.5) is 13.2 Å². The third kappa shape index (κ3) is 4.58. The third-order valence-corrected chi connectivity index (χ3v) is 4.26. The largest absolute Gasteiger partial charge is 0.482 e. The minimum Gasteiger partial charge on any atom is -0.482 e. The molecule has 0 unspecified atom stereocenters. The van der Waals surface area contributed by atoms with Gasteiger partial charge in [-0.15, -0.1) is 0 Å². The van der Waals surface area contributed by atoms with Gasteiger partial charge in [-0.1, -0.05) is 5.16 Å². The predicted octanol–water partition coefficient (Wildman–Crippen LogP) is 2.23. The molecule has 2 N–H and O–H groups in total. The number of hydrogen-bond acceptors (Lipinski definition) is 7. The molecule has 3 rings (SSSR count). The highest BCUT2D eigenvalue weighted by atomic mass is 19.4. The van der Waals surface area contributed by atoms with E-state index in [1.807, 2.05) is 0 Å². The van der Waals surface area contributed by atoms with Gasteiger partial charge in [-0.3, -0.25) is 4.79 Å². The summed E-state index contributed by atoms with van der Waals surface area (Å²) in [7, 11) is 0. The van der Waals surface area contributed by atoms with Crippen molar-refractivity contribution in [2.75, 3.05) is 13.2 Å². The Bertz CT molecular complexity index is 866. The number of halogens is 3. The van der Waals surface area contributed by atoms with E-state index < -0.39 is 30.8 Å². The van der Waals surface area contributed by atoms with Gasteiger partial charge >= 0.3 is 6.18 Å². The SMILES string of the molecule is Cc1nc([C@@](C)(CO)NC(=O)c2ncc(C3CC3)cc2OCC(F)(F)F)no1. The molecule has 0 saturated heterocycles. The van der Waals surface area contributed by atoms with Crippen LogP contribution < -0.4 is 10.1 Å². The van der Waals surface area contributed by atoms with Gasteiger partial charge in [0.05, 0.1) is 6.61 Å². The minimum absolute atomic E-state index is 0.0215. The molecule has 2 aromatic heterocycles. The molecule has 1 aliphatic carbocycles. The van der Waals surface area contributed by atoms with Crippen LogP contribution in [0.25, 0.3) is 0 Å². The monoisotopic (exact) mass is 400 g/mol. The number of amides is 1. The summed E-state index contributed by atoms with van der Waals surface area (Å²) in [4.78, 5) is 20.7. The number of hydrogen-bond donors (Lipinski definition) is 2. The maximum atomic E-state index is 12.7. The number of carbonyl (C=O) groups excluding carboxylic acids is 1. The highest BCUT2D eigenvalue weighted by Gasteiger charge is 2.36. The van der Waals surface area contributed by atoms with Crippen molar-refractivity contribution in [2.24, 2.45) is 0 Å². The zero-order valence-corrected chi connectivity index (χ0v) is 15.2. The molecule has 1 aliphatic rings. The second kappa shape index (κ2) is 7.38. The lowest BCUT2D eigenvalue weighted by Gasteiger charge is -2.25. The van der Waals surface area contributed by atoms with Crippen LogP contribution in [0.5, 0.6) is 5.75 Å². The number of carbonyl (C=O) groups is 1. The van der Waals surface area contributed by atoms with Crippen molar-refractivity contribution >= 4 is 5.91 Å². The van der Waals surface area contributed by atoms with Crippen molar-refractivity contribution in [2.45, 2.75) is 44.3 Å². The molecule has 11 heteroatoms. The van der Waals surface area contributed by atoms with Gasteiger partial charge in [0.15, 0.2) is 23.9 Å². The highest BCUT2D eigenvalue weighted by Crippen LogP contribution is 2.41. The van der Waals surface area contributed by atoms with Gasteiger partial charge in [0, 0.05) is 13.1 Å². The normalized spacial score (nSPS) is 16.5. The summed E-state index contributed by atoms with van der Waals surface area (Å²) in [6.45, 7) is 0.863. The molecule has 152 valence electrons. The molecule has 2 aromatic rings. The topological polar surface area (TPSA) is 110 Å². The quantitative estimate of drug-likeness (QED) is 0.733. The van der Waals surface area contributed by atoms with Crippen molar-refractivity contribution in [3.05, 3.63) is 35.2 Å². The van der Waals surface area contributed by atoms with Crippen LogP contribution in [0.15, 0.2) is 16.8 Å². The first-order chi connectivity index (χ1) is 13.1. The van der Waals surface area contributed by atoms with Crippen LogP contribution in [0.1, 0.15) is 53.5 Å². The van der Waals surface area contributed by atoms with E-state index in [1.165, 1.54) is 26.1 Å². The Morgan fingerprint density at radius 3 is 2.68 bits per heavy atom. The molecule has 2 heterocycles. The maximum absolute atomic E-state index is 12.7. The number of aliphatic hydroxyl groups is 1. The molecule has 0 aromatic carbocycles. The van der Waals surface area contributed by atoms with Gasteiger partial charge in [-0.05, 0) is 37.3 Å². The standard InChI is InChI=1S/C17H19F3N4O4/c1-9-22-15(24-28-9)16(2,7-25)23-14(26)13-12(27-8-17(18,19)20)5-11(6-21-13)10-3-4-10/h5-6,10,25H,3-4,7-8H2,1-2H3,(H,23,26)/t16-/m1/s1. The van der Waals surface area contributed by atoms with E-state index in [-0.39, 0.29) is 29.1 Å². The van der Waals surface area contributed by atoms with Crippen LogP contribution in [0.2, 0.25) is 0 Å². The van der Waals surface area contributed by atoms with Gasteiger partial charge in [-0.2, -0.15) is 18.2 Å². The molecule has 1 saturated carbocycles. The lowest BCUT2D eigenvalue weighted by molar-refractivity contribution is -0.153. The van der Waals surface area contributed by atoms with Gasteiger partial charge in [-0.25, -0.2) is 4.98 Å². The second-order valence-electron chi connectivity index (χ2n) is 6.87. The second-order valence-corrected chi connectivity index (χ2v) is 6.87. The van der Waals surface area contributed by atoms with Crippen molar-refractivity contribution in [3.63, 3.8) is 0 Å². The molecule has 0 radical (unpaired) electrons. The van der Waals surface area contributed by atoms with Crippen LogP contribution in [-0.2, 0) is 5.54 Å². The fourth-order valence-electron chi connectivity index (χ4n) is 2.54. The van der Waals surface area contributed by atoms with Gasteiger partial charge in [0.1, 0.15) is 5.54 Å². The van der Waals surface area contributed by atoms with Crippen LogP contribution in [0, 0.1) is 6.92 Å². The van der Waals surface area contributed by atoms with Crippen molar-refractivity contribution in [3.8, 4) is 5.75 Å². The number of aliphatic hydroxyl groups excluding tert-OH is 1. The Morgan fingerprint density at radius 1 is 1.43 bits per heavy atom. The lowest BCUT2D eigenvalue weighted by Crippen LogP contribution is -2.47. The molecular weight excluding hydrogens is 381 g/mol. The molecule has 0 aliphatic heterocycles. The van der Waals surface area contributed by atoms with E-state index in [0.717, 1.165) is 12.8 Å². The van der Waals surface area contributed by atoms with E-state index in [2.05, 4.69) is 20.4 Å². The molecule has 28 heavy (non-hydrogen) atoms. The first kappa shape index (κ1) is 20.1. The molecule has 1 amide bonds. The average molecular weight is 400 g/mol. The molecule has 1 atom stereocenters. The van der Waals surface area contributed by atoms with E-state index in [4.69, 9.17) is 9.26 Å². The van der Waals surface area contributed by atoms with Crippen molar-refractivity contribution in [1.82, 2.24) is 20.4 Å². The van der Waals surface area contributed by atoms with E-state index >= 15 is 0 Å². The van der Waals surface area contributed by atoms with Crippen LogP contribution in [-0.4, -0.2) is 45.5 Å². The Hall–Kier alpha value is -2.69. The summed E-state index contributed by atoms with van der Waals surface area (Å²) in [5, 5.41) is 15.9. The van der Waals surface area contributed by atoms with Gasteiger partial charge in [0.25, 0.3) is 5.91 Å². The summed E-state index contributed by atoms with van der Waals surface area (Å²) < 4.78 is 47.5. The molecule has 1 fully saturated rings. The van der Waals surface area contributed by atoms with Gasteiger partial charge < -0.3 is 19.7 Å². The predicted molar refractivity (Wildman–Crippen MR) is 88.7 cm³/mol. The zero-order valence-electron chi connectivity index (χ0n) is 15.2. The Kier molecular flexibility index (Phi) is 5.28. The first-order valence-electron chi connectivity index (χ1n) is 8.55. The number of rotatable bonds is 7. The lowest BCUT2D eigenvalue weighted by atomic mass is 10.0. The van der Waals surface area contributed by atoms with Crippen LogP contribution in [0.3, 0.4) is 0 Å². The van der Waals surface area contributed by atoms with E-state index in [0.29, 0.717) is 5.56 Å². The molecule has 8 nitrogen and oxygen atoms in total. The number of alkyl halides is 3. The molecule has 0 bridgehead atoms. The van der Waals surface area contributed by atoms with Crippen LogP contribution >= 0.6 is 0 Å². The number of aromatic nitrogens is 3. The number of pyridine rings is 1. The number of nitrogens with zero attached hydrogens (tertiary/aromatic N) is 3. The number of ether oxygens (including phenoxy) is 1. The van der Waals surface area contributed by atoms with E-state index in [9.17, 15) is 23.1 Å². The third-order valence-electron chi connectivity index (χ3n) is 4.26. The summed E-state index contributed by atoms with van der Waals surface area (Å²) in [6, 6.07) is 1.40. The maximum Gasteiger partial charge on any atom is 0.422 e. The average Bonchev–Trinajstić information content (AvgIpc) is 3.39. The Labute approximate surface area is 158 Å². The number of nitrogens with one attached hydrogen (secondary N) is 1. The summed E-state index contributed by atoms with van der Waals surface area (Å²) in [5.41, 5.74) is -1.03. The highest BCUT2D eigenvalue weighted by molar-refractivity contribution is 5.95. The first-order valence-corrected chi connectivity index (χ1v) is 8.55. The summed E-state index contributed by atoms with van der Waals surface area (Å²) >= 11 is 0. The zero-order chi connectivity index (χ0) is 20.5. The minimum atomic E-state index is -4.56. The summed E-state index contributed by atoms with van der Waals surface area (Å²) in [5.74, 6) is -0.650. The van der Waals surface area contributed by atoms with Crippen molar-refractivity contribution in [1.29, 1.82) is 0 Å².